The first-order valence-electron chi connectivity index (χ1n) is 12.8. The number of rotatable bonds is 7. The van der Waals surface area contributed by atoms with Crippen molar-refractivity contribution >= 4 is 21.7 Å². The van der Waals surface area contributed by atoms with Crippen molar-refractivity contribution in [1.82, 2.24) is 0 Å². The quantitative estimate of drug-likeness (QED) is 0.361. The van der Waals surface area contributed by atoms with Crippen molar-refractivity contribution in [2.24, 2.45) is 11.8 Å². The Labute approximate surface area is 221 Å². The van der Waals surface area contributed by atoms with Gasteiger partial charge >= 0.3 is 0 Å². The van der Waals surface area contributed by atoms with Gasteiger partial charge in [0.15, 0.2) is 5.79 Å². The van der Waals surface area contributed by atoms with Gasteiger partial charge in [0, 0.05) is 10.4 Å². The fraction of sp³-hybridized carbons (Fsp3) is 0.387. The number of unbranched alkanes of at least 4 members (excludes halogenated alkanes) is 1. The summed E-state index contributed by atoms with van der Waals surface area (Å²) < 4.78 is 14.3. The summed E-state index contributed by atoms with van der Waals surface area (Å²) in [4.78, 5) is 13.5. The Balaban J connectivity index is 1.47. The molecule has 3 aromatic carbocycles. The van der Waals surface area contributed by atoms with Crippen molar-refractivity contribution in [3.8, 4) is 0 Å². The molecule has 3 aromatic rings. The van der Waals surface area contributed by atoms with Crippen molar-refractivity contribution in [1.29, 1.82) is 0 Å². The van der Waals surface area contributed by atoms with Crippen LogP contribution in [0.15, 0.2) is 89.4 Å². The second-order valence-corrected chi connectivity index (χ2v) is 11.0. The third-order valence-electron chi connectivity index (χ3n) is 7.99. The van der Waals surface area contributed by atoms with E-state index in [0.717, 1.165) is 40.4 Å². The number of benzene rings is 3. The second kappa shape index (κ2) is 10.6. The summed E-state index contributed by atoms with van der Waals surface area (Å²) in [7, 11) is 0. The van der Waals surface area contributed by atoms with Crippen LogP contribution in [-0.4, -0.2) is 29.9 Å². The predicted molar refractivity (Wildman–Crippen MR) is 144 cm³/mol. The van der Waals surface area contributed by atoms with Crippen LogP contribution in [0.4, 0.5) is 0 Å². The number of aliphatic hydroxyl groups excluding tert-OH is 1. The van der Waals surface area contributed by atoms with Crippen LogP contribution in [0.25, 0.3) is 0 Å². The summed E-state index contributed by atoms with van der Waals surface area (Å²) in [5.41, 5.74) is 2.54. The summed E-state index contributed by atoms with van der Waals surface area (Å²) in [6.45, 7) is 2.97. The lowest BCUT2D eigenvalue weighted by atomic mass is 9.74. The van der Waals surface area contributed by atoms with Gasteiger partial charge in [0.2, 0.25) is 0 Å². The maximum atomic E-state index is 13.5. The third-order valence-corrected chi connectivity index (χ3v) is 8.52. The van der Waals surface area contributed by atoms with Crippen molar-refractivity contribution in [3.05, 3.63) is 106 Å². The minimum Gasteiger partial charge on any atom is -0.388 e. The molecule has 1 saturated carbocycles. The van der Waals surface area contributed by atoms with Crippen LogP contribution < -0.4 is 0 Å². The SMILES string of the molecule is CCCC[C@@H]1[C@@H]([C@@H](O)c2ccc(Br)cc2)C(=O)CC12OCC(c1ccccc1)(c1ccccc1)CO2. The number of carbonyl (C=O) groups is 1. The molecule has 2 aliphatic rings. The molecule has 1 saturated heterocycles. The molecular formula is C31H33BrO4. The van der Waals surface area contributed by atoms with Gasteiger partial charge in [0.05, 0.1) is 37.1 Å². The van der Waals surface area contributed by atoms with Crippen LogP contribution in [0.2, 0.25) is 0 Å². The third kappa shape index (κ3) is 4.58. The van der Waals surface area contributed by atoms with Gasteiger partial charge in [-0.3, -0.25) is 4.79 Å². The summed E-state index contributed by atoms with van der Waals surface area (Å²) in [6.07, 6.45) is 1.98. The van der Waals surface area contributed by atoms with E-state index in [1.807, 2.05) is 60.7 Å². The molecule has 1 N–H and O–H groups in total. The largest absolute Gasteiger partial charge is 0.388 e. The molecule has 0 unspecified atom stereocenters. The number of aliphatic hydroxyl groups is 1. The first kappa shape index (κ1) is 25.3. The molecule has 2 fully saturated rings. The maximum Gasteiger partial charge on any atom is 0.178 e. The lowest BCUT2D eigenvalue weighted by molar-refractivity contribution is -0.305. The monoisotopic (exact) mass is 548 g/mol. The topological polar surface area (TPSA) is 55.8 Å². The summed E-state index contributed by atoms with van der Waals surface area (Å²) in [5.74, 6) is -1.77. The number of ketones is 1. The lowest BCUT2D eigenvalue weighted by Gasteiger charge is -2.48. The van der Waals surface area contributed by atoms with Gasteiger partial charge in [0.1, 0.15) is 5.78 Å². The van der Waals surface area contributed by atoms with Gasteiger partial charge in [-0.1, -0.05) is 108 Å². The normalized spacial score (nSPS) is 23.6. The van der Waals surface area contributed by atoms with Crippen molar-refractivity contribution in [2.75, 3.05) is 13.2 Å². The van der Waals surface area contributed by atoms with Gasteiger partial charge in [-0.2, -0.15) is 0 Å². The highest BCUT2D eigenvalue weighted by Gasteiger charge is 2.60. The molecular weight excluding hydrogens is 516 g/mol. The lowest BCUT2D eigenvalue weighted by Crippen LogP contribution is -2.54. The van der Waals surface area contributed by atoms with Crippen molar-refractivity contribution in [2.45, 2.75) is 49.9 Å². The zero-order valence-electron chi connectivity index (χ0n) is 20.6. The highest BCUT2D eigenvalue weighted by Crippen LogP contribution is 2.52. The van der Waals surface area contributed by atoms with Crippen LogP contribution in [0.3, 0.4) is 0 Å². The summed E-state index contributed by atoms with van der Waals surface area (Å²) >= 11 is 3.45. The molecule has 1 aliphatic heterocycles. The fourth-order valence-corrected chi connectivity index (χ4v) is 6.25. The number of hydrogen-bond acceptors (Lipinski definition) is 4. The van der Waals surface area contributed by atoms with Gasteiger partial charge < -0.3 is 14.6 Å². The second-order valence-electron chi connectivity index (χ2n) is 10.1. The molecule has 5 heteroatoms. The zero-order valence-corrected chi connectivity index (χ0v) is 22.2. The first-order valence-corrected chi connectivity index (χ1v) is 13.6. The van der Waals surface area contributed by atoms with Crippen LogP contribution in [0.1, 0.15) is 55.4 Å². The molecule has 5 rings (SSSR count). The van der Waals surface area contributed by atoms with Gasteiger partial charge in [-0.25, -0.2) is 0 Å². The Kier molecular flexibility index (Phi) is 7.45. The molecule has 0 aromatic heterocycles. The summed E-state index contributed by atoms with van der Waals surface area (Å²) in [6, 6.07) is 28.2. The molecule has 0 amide bonds. The average Bonchev–Trinajstić information content (AvgIpc) is 3.19. The van der Waals surface area contributed by atoms with E-state index in [1.54, 1.807) is 0 Å². The molecule has 4 nitrogen and oxygen atoms in total. The Morgan fingerprint density at radius 2 is 1.47 bits per heavy atom. The molecule has 0 radical (unpaired) electrons. The van der Waals surface area contributed by atoms with Crippen molar-refractivity contribution in [3.63, 3.8) is 0 Å². The van der Waals surface area contributed by atoms with Crippen LogP contribution in [-0.2, 0) is 19.7 Å². The molecule has 1 aliphatic carbocycles. The summed E-state index contributed by atoms with van der Waals surface area (Å²) in [5, 5.41) is 11.4. The van der Waals surface area contributed by atoms with E-state index in [1.165, 1.54) is 0 Å². The van der Waals surface area contributed by atoms with E-state index in [2.05, 4.69) is 47.1 Å². The van der Waals surface area contributed by atoms with Gasteiger partial charge in [-0.05, 0) is 35.2 Å². The van der Waals surface area contributed by atoms with E-state index >= 15 is 0 Å². The fourth-order valence-electron chi connectivity index (χ4n) is 5.98. The van der Waals surface area contributed by atoms with Crippen LogP contribution in [0, 0.1) is 11.8 Å². The highest BCUT2D eigenvalue weighted by atomic mass is 79.9. The van der Waals surface area contributed by atoms with Gasteiger partial charge in [-0.15, -0.1) is 0 Å². The number of ether oxygens (including phenoxy) is 2. The molecule has 188 valence electrons. The molecule has 1 heterocycles. The molecule has 36 heavy (non-hydrogen) atoms. The smallest absolute Gasteiger partial charge is 0.178 e. The van der Waals surface area contributed by atoms with E-state index < -0.39 is 23.2 Å². The standard InChI is InChI=1S/C31H33BrO4/c1-2-3-14-26-28(29(34)22-15-17-25(32)18-16-22)27(33)19-31(26)35-20-30(21-36-31,23-10-6-4-7-11-23)24-12-8-5-9-13-24/h4-13,15-18,26,28-29,34H,2-3,14,19-21H2,1H3/t26-,28-,29+/m1/s1. The number of hydrogen-bond donors (Lipinski definition) is 1. The first-order chi connectivity index (χ1) is 17.5. The Hall–Kier alpha value is -2.31. The van der Waals surface area contributed by atoms with Crippen LogP contribution in [0.5, 0.6) is 0 Å². The van der Waals surface area contributed by atoms with E-state index in [4.69, 9.17) is 9.47 Å². The zero-order chi connectivity index (χ0) is 25.2. The van der Waals surface area contributed by atoms with E-state index in [9.17, 15) is 9.90 Å². The minimum absolute atomic E-state index is 0.0124. The maximum absolute atomic E-state index is 13.5. The van der Waals surface area contributed by atoms with Gasteiger partial charge in [0.25, 0.3) is 0 Å². The average molecular weight is 550 g/mol. The number of Topliss-reactive ketones (excluding diaryl/α,β-unsaturated/α-hetero) is 1. The molecule has 3 atom stereocenters. The van der Waals surface area contributed by atoms with E-state index in [0.29, 0.717) is 13.2 Å². The molecule has 0 bridgehead atoms. The Bertz CT molecular complexity index is 1110. The Morgan fingerprint density at radius 3 is 2.00 bits per heavy atom. The van der Waals surface area contributed by atoms with E-state index in [-0.39, 0.29) is 18.1 Å². The number of halogens is 1. The number of carbonyl (C=O) groups excluding carboxylic acids is 1. The van der Waals surface area contributed by atoms with Crippen LogP contribution >= 0.6 is 15.9 Å². The minimum atomic E-state index is -1.01. The predicted octanol–water partition coefficient (Wildman–Crippen LogP) is 6.61. The highest BCUT2D eigenvalue weighted by molar-refractivity contribution is 9.10. The van der Waals surface area contributed by atoms with Crippen molar-refractivity contribution < 1.29 is 19.4 Å². The molecule has 1 spiro atoms. The Morgan fingerprint density at radius 1 is 0.917 bits per heavy atom.